The van der Waals surface area contributed by atoms with E-state index in [4.69, 9.17) is 10.3 Å². The van der Waals surface area contributed by atoms with E-state index in [-0.39, 0.29) is 18.2 Å². The Labute approximate surface area is 174 Å². The van der Waals surface area contributed by atoms with Crippen LogP contribution in [0.3, 0.4) is 0 Å². The predicted molar refractivity (Wildman–Crippen MR) is 116 cm³/mol. The molecule has 1 aliphatic rings. The molecule has 1 fully saturated rings. The van der Waals surface area contributed by atoms with Crippen LogP contribution in [0.5, 0.6) is 0 Å². The van der Waals surface area contributed by atoms with Gasteiger partial charge in [-0.3, -0.25) is 14.5 Å². The van der Waals surface area contributed by atoms with Crippen molar-refractivity contribution in [1.29, 1.82) is 5.26 Å². The van der Waals surface area contributed by atoms with Crippen LogP contribution in [0.25, 0.3) is 0 Å². The van der Waals surface area contributed by atoms with Gasteiger partial charge >= 0.3 is 0 Å². The van der Waals surface area contributed by atoms with Gasteiger partial charge in [0, 0.05) is 13.0 Å². The van der Waals surface area contributed by atoms with E-state index in [9.17, 15) is 9.59 Å². The molecule has 148 valence electrons. The van der Waals surface area contributed by atoms with E-state index in [1.807, 2.05) is 45.0 Å². The van der Waals surface area contributed by atoms with E-state index < -0.39 is 5.25 Å². The third-order valence-electron chi connectivity index (χ3n) is 4.61. The van der Waals surface area contributed by atoms with Gasteiger partial charge < -0.3 is 5.32 Å². The minimum Gasteiger partial charge on any atom is -0.325 e. The average molecular weight is 407 g/mol. The van der Waals surface area contributed by atoms with Gasteiger partial charge in [-0.1, -0.05) is 36.0 Å². The fourth-order valence-corrected chi connectivity index (χ4v) is 4.23. The zero-order valence-corrected chi connectivity index (χ0v) is 17.4. The molecule has 0 bridgehead atoms. The maximum atomic E-state index is 12.8. The molecule has 7 heteroatoms. The maximum Gasteiger partial charge on any atom is 0.242 e. The van der Waals surface area contributed by atoms with Crippen molar-refractivity contribution >= 4 is 40.1 Å². The highest BCUT2D eigenvalue weighted by Crippen LogP contribution is 2.32. The quantitative estimate of drug-likeness (QED) is 0.808. The van der Waals surface area contributed by atoms with Crippen LogP contribution >= 0.6 is 11.8 Å². The number of anilines is 1. The molecule has 1 heterocycles. The first-order chi connectivity index (χ1) is 13.9. The number of amidine groups is 1. The highest BCUT2D eigenvalue weighted by Gasteiger charge is 2.38. The molecule has 0 radical (unpaired) electrons. The molecule has 2 amide bonds. The molecule has 1 atom stereocenters. The topological polar surface area (TPSA) is 85.6 Å². The predicted octanol–water partition coefficient (Wildman–Crippen LogP) is 4.16. The molecule has 2 aromatic rings. The van der Waals surface area contributed by atoms with E-state index in [1.54, 1.807) is 29.2 Å². The average Bonchev–Trinajstić information content (AvgIpc) is 2.99. The number of amides is 2. The third kappa shape index (κ3) is 4.66. The third-order valence-corrected chi connectivity index (χ3v) is 5.78. The van der Waals surface area contributed by atoms with Gasteiger partial charge in [0.05, 0.1) is 16.9 Å². The molecule has 1 unspecified atom stereocenters. The molecule has 0 aromatic heterocycles. The fraction of sp³-hybridized carbons (Fsp3) is 0.273. The summed E-state index contributed by atoms with van der Waals surface area (Å²) in [5, 5.41) is 12.0. The summed E-state index contributed by atoms with van der Waals surface area (Å²) < 4.78 is 0. The number of carbonyl (C=O) groups is 2. The number of hydrogen-bond acceptors (Lipinski definition) is 5. The zero-order valence-electron chi connectivity index (χ0n) is 16.6. The number of aryl methyl sites for hydroxylation is 2. The number of para-hydroxylation sites is 1. The van der Waals surface area contributed by atoms with Gasteiger partial charge in [0.1, 0.15) is 11.3 Å². The highest BCUT2D eigenvalue weighted by molar-refractivity contribution is 8.15. The zero-order chi connectivity index (χ0) is 21.0. The second kappa shape index (κ2) is 8.93. The van der Waals surface area contributed by atoms with Crippen molar-refractivity contribution < 1.29 is 9.59 Å². The minimum absolute atomic E-state index is 0.0194. The van der Waals surface area contributed by atoms with E-state index in [1.165, 1.54) is 11.8 Å². The van der Waals surface area contributed by atoms with Crippen molar-refractivity contribution in [3.05, 3.63) is 59.2 Å². The van der Waals surface area contributed by atoms with Gasteiger partial charge in [-0.15, -0.1) is 0 Å². The van der Waals surface area contributed by atoms with Crippen LogP contribution in [0.4, 0.5) is 11.4 Å². The van der Waals surface area contributed by atoms with Crippen molar-refractivity contribution in [2.24, 2.45) is 4.99 Å². The Morgan fingerprint density at radius 2 is 2.03 bits per heavy atom. The molecule has 1 saturated heterocycles. The number of benzene rings is 2. The first kappa shape index (κ1) is 20.6. The first-order valence-electron chi connectivity index (χ1n) is 9.36. The van der Waals surface area contributed by atoms with Crippen LogP contribution in [0.15, 0.2) is 47.5 Å². The molecule has 6 nitrogen and oxygen atoms in total. The molecular formula is C22H22N4O2S. The van der Waals surface area contributed by atoms with Crippen LogP contribution in [0, 0.1) is 25.2 Å². The molecule has 0 aliphatic carbocycles. The smallest absolute Gasteiger partial charge is 0.242 e. The van der Waals surface area contributed by atoms with E-state index in [2.05, 4.69) is 5.32 Å². The number of nitrogens with zero attached hydrogens (tertiary/aromatic N) is 3. The Kier molecular flexibility index (Phi) is 6.35. The van der Waals surface area contributed by atoms with Crippen molar-refractivity contribution in [2.75, 3.05) is 11.9 Å². The Balaban J connectivity index is 1.77. The number of nitrogens with one attached hydrogen (secondary N) is 1. The lowest BCUT2D eigenvalue weighted by molar-refractivity contribution is -0.128. The molecule has 1 N–H and O–H groups in total. The number of hydrogen-bond donors (Lipinski definition) is 1. The standard InChI is InChI=1S/C22H22N4O2S/c1-4-26-21(28)19(12-20(27)24-17-8-6-5-7-16(17)13-23)29-22(26)25-18-11-14(2)9-10-15(18)3/h5-11,19H,4,12H2,1-3H3,(H,24,27). The first-order valence-corrected chi connectivity index (χ1v) is 10.2. The van der Waals surface area contributed by atoms with Crippen LogP contribution in [-0.4, -0.2) is 33.7 Å². The lowest BCUT2D eigenvalue weighted by atomic mass is 10.1. The highest BCUT2D eigenvalue weighted by atomic mass is 32.2. The summed E-state index contributed by atoms with van der Waals surface area (Å²) >= 11 is 1.31. The monoisotopic (exact) mass is 406 g/mol. The Morgan fingerprint density at radius 1 is 1.28 bits per heavy atom. The minimum atomic E-state index is -0.534. The second-order valence-electron chi connectivity index (χ2n) is 6.78. The summed E-state index contributed by atoms with van der Waals surface area (Å²) in [6, 6.07) is 14.9. The summed E-state index contributed by atoms with van der Waals surface area (Å²) in [4.78, 5) is 31.6. The Bertz CT molecular complexity index is 1030. The van der Waals surface area contributed by atoms with Gasteiger partial charge in [0.15, 0.2) is 5.17 Å². The van der Waals surface area contributed by atoms with E-state index >= 15 is 0 Å². The van der Waals surface area contributed by atoms with E-state index in [0.29, 0.717) is 23.0 Å². The molecular weight excluding hydrogens is 384 g/mol. The van der Waals surface area contributed by atoms with Gasteiger partial charge in [-0.05, 0) is 50.1 Å². The van der Waals surface area contributed by atoms with Crippen LogP contribution < -0.4 is 5.32 Å². The summed E-state index contributed by atoms with van der Waals surface area (Å²) in [5.41, 5.74) is 3.79. The fourth-order valence-electron chi connectivity index (χ4n) is 3.02. The van der Waals surface area contributed by atoms with Crippen LogP contribution in [-0.2, 0) is 9.59 Å². The number of thioether (sulfide) groups is 1. The largest absolute Gasteiger partial charge is 0.325 e. The summed E-state index contributed by atoms with van der Waals surface area (Å²) in [7, 11) is 0. The van der Waals surface area contributed by atoms with Crippen molar-refractivity contribution in [1.82, 2.24) is 4.90 Å². The maximum absolute atomic E-state index is 12.8. The number of rotatable bonds is 5. The molecule has 0 spiro atoms. The molecule has 29 heavy (non-hydrogen) atoms. The SMILES string of the molecule is CCN1C(=O)C(CC(=O)Nc2ccccc2C#N)SC1=Nc1cc(C)ccc1C. The molecule has 2 aromatic carbocycles. The second-order valence-corrected chi connectivity index (χ2v) is 7.95. The van der Waals surface area contributed by atoms with Gasteiger partial charge in [-0.25, -0.2) is 4.99 Å². The molecule has 0 saturated carbocycles. The van der Waals surface area contributed by atoms with Crippen molar-refractivity contribution in [3.8, 4) is 6.07 Å². The lowest BCUT2D eigenvalue weighted by Crippen LogP contribution is -2.33. The number of aliphatic imine (C=N–C) groups is 1. The van der Waals surface area contributed by atoms with Crippen molar-refractivity contribution in [3.63, 3.8) is 0 Å². The van der Waals surface area contributed by atoms with Gasteiger partial charge in [0.25, 0.3) is 0 Å². The molecule has 3 rings (SSSR count). The van der Waals surface area contributed by atoms with Gasteiger partial charge in [0.2, 0.25) is 11.8 Å². The summed E-state index contributed by atoms with van der Waals surface area (Å²) in [6.07, 6.45) is 0.0194. The van der Waals surface area contributed by atoms with E-state index in [0.717, 1.165) is 16.8 Å². The Morgan fingerprint density at radius 3 is 2.76 bits per heavy atom. The normalized spacial score (nSPS) is 17.4. The summed E-state index contributed by atoms with van der Waals surface area (Å²) in [6.45, 7) is 6.36. The number of nitriles is 1. The Hall–Kier alpha value is -3.11. The van der Waals surface area contributed by atoms with Gasteiger partial charge in [-0.2, -0.15) is 5.26 Å². The number of carbonyl (C=O) groups excluding carboxylic acids is 2. The molecule has 1 aliphatic heterocycles. The summed E-state index contributed by atoms with van der Waals surface area (Å²) in [5.74, 6) is -0.423. The van der Waals surface area contributed by atoms with Crippen LogP contribution in [0.2, 0.25) is 0 Å². The van der Waals surface area contributed by atoms with Crippen molar-refractivity contribution in [2.45, 2.75) is 32.4 Å². The van der Waals surface area contributed by atoms with Crippen LogP contribution in [0.1, 0.15) is 30.0 Å². The lowest BCUT2D eigenvalue weighted by Gasteiger charge is -2.14.